The number of nitrogens with one attached hydrogen (secondary N) is 1. The van der Waals surface area contributed by atoms with Gasteiger partial charge in [0.1, 0.15) is 12.7 Å². The molecule has 0 spiro atoms. The third-order valence-corrected chi connectivity index (χ3v) is 5.57. The number of benzene rings is 1. The van der Waals surface area contributed by atoms with E-state index in [1.165, 1.54) is 6.20 Å². The molecule has 2 atom stereocenters. The van der Waals surface area contributed by atoms with Crippen molar-refractivity contribution >= 4 is 17.5 Å². The topological polar surface area (TPSA) is 101 Å². The quantitative estimate of drug-likeness (QED) is 0.778. The Labute approximate surface area is 174 Å². The van der Waals surface area contributed by atoms with Crippen LogP contribution in [0.5, 0.6) is 0 Å². The first-order valence-electron chi connectivity index (χ1n) is 10.1. The summed E-state index contributed by atoms with van der Waals surface area (Å²) in [5.41, 5.74) is 1.96. The van der Waals surface area contributed by atoms with E-state index < -0.39 is 12.1 Å². The summed E-state index contributed by atoms with van der Waals surface area (Å²) in [5, 5.41) is 12.9. The number of aliphatic hydroxyl groups is 1. The van der Waals surface area contributed by atoms with Gasteiger partial charge >= 0.3 is 0 Å². The van der Waals surface area contributed by atoms with Crippen LogP contribution < -0.4 is 5.32 Å². The summed E-state index contributed by atoms with van der Waals surface area (Å²) >= 11 is 0. The molecule has 2 aromatic rings. The second-order valence-corrected chi connectivity index (χ2v) is 7.44. The van der Waals surface area contributed by atoms with E-state index in [1.54, 1.807) is 35.4 Å². The van der Waals surface area contributed by atoms with Crippen molar-refractivity contribution in [3.05, 3.63) is 59.9 Å². The van der Waals surface area contributed by atoms with E-state index in [0.29, 0.717) is 24.5 Å². The van der Waals surface area contributed by atoms with Gasteiger partial charge in [-0.05, 0) is 42.7 Å². The highest BCUT2D eigenvalue weighted by Crippen LogP contribution is 2.33. The van der Waals surface area contributed by atoms with Gasteiger partial charge in [0.2, 0.25) is 5.91 Å². The molecule has 2 N–H and O–H groups in total. The lowest BCUT2D eigenvalue weighted by Gasteiger charge is -2.45. The first-order valence-corrected chi connectivity index (χ1v) is 10.1. The Bertz CT molecular complexity index is 868. The third-order valence-electron chi connectivity index (χ3n) is 5.57. The molecule has 2 saturated heterocycles. The summed E-state index contributed by atoms with van der Waals surface area (Å²) in [6.45, 7) is 1.03. The van der Waals surface area contributed by atoms with E-state index >= 15 is 0 Å². The average molecular weight is 411 g/mol. The lowest BCUT2D eigenvalue weighted by molar-refractivity contribution is -0.168. The maximum Gasteiger partial charge on any atom is 0.257 e. The van der Waals surface area contributed by atoms with Gasteiger partial charge in [0.25, 0.3) is 5.91 Å². The zero-order valence-electron chi connectivity index (χ0n) is 16.6. The number of amides is 2. The van der Waals surface area contributed by atoms with Gasteiger partial charge in [-0.3, -0.25) is 14.6 Å². The minimum absolute atomic E-state index is 0.0159. The molecule has 0 saturated carbocycles. The SMILES string of the molecule is O=C(Nc1ccc([C@H]2OCC(=O)N(C3CCOCC3)[C@@H]2CO)cc1)c1cccnc1. The van der Waals surface area contributed by atoms with Crippen LogP contribution in [0.25, 0.3) is 0 Å². The molecule has 30 heavy (non-hydrogen) atoms. The number of pyridine rings is 1. The summed E-state index contributed by atoms with van der Waals surface area (Å²) in [7, 11) is 0. The van der Waals surface area contributed by atoms with E-state index in [2.05, 4.69) is 10.3 Å². The van der Waals surface area contributed by atoms with Gasteiger partial charge in [-0.1, -0.05) is 12.1 Å². The molecule has 158 valence electrons. The van der Waals surface area contributed by atoms with Crippen molar-refractivity contribution in [2.24, 2.45) is 0 Å². The van der Waals surface area contributed by atoms with E-state index in [9.17, 15) is 14.7 Å². The van der Waals surface area contributed by atoms with Gasteiger partial charge in [-0.15, -0.1) is 0 Å². The highest BCUT2D eigenvalue weighted by Gasteiger charge is 2.41. The summed E-state index contributed by atoms with van der Waals surface area (Å²) in [4.78, 5) is 30.6. The van der Waals surface area contributed by atoms with E-state index in [-0.39, 0.29) is 31.1 Å². The first-order chi connectivity index (χ1) is 14.7. The maximum absolute atomic E-state index is 12.5. The second-order valence-electron chi connectivity index (χ2n) is 7.44. The number of carbonyl (C=O) groups is 2. The number of ether oxygens (including phenoxy) is 2. The summed E-state index contributed by atoms with van der Waals surface area (Å²) in [5.74, 6) is -0.341. The van der Waals surface area contributed by atoms with Gasteiger partial charge in [0.05, 0.1) is 18.2 Å². The lowest BCUT2D eigenvalue weighted by atomic mass is 9.95. The lowest BCUT2D eigenvalue weighted by Crippen LogP contribution is -2.57. The number of hydrogen-bond acceptors (Lipinski definition) is 6. The fourth-order valence-electron chi connectivity index (χ4n) is 4.07. The number of carbonyl (C=O) groups excluding carboxylic acids is 2. The van der Waals surface area contributed by atoms with Crippen LogP contribution in [0.3, 0.4) is 0 Å². The van der Waals surface area contributed by atoms with Crippen molar-refractivity contribution < 1.29 is 24.2 Å². The van der Waals surface area contributed by atoms with Crippen LogP contribution in [0.2, 0.25) is 0 Å². The number of anilines is 1. The first kappa shape index (κ1) is 20.5. The van der Waals surface area contributed by atoms with Crippen molar-refractivity contribution in [1.29, 1.82) is 0 Å². The van der Waals surface area contributed by atoms with Gasteiger partial charge in [-0.25, -0.2) is 0 Å². The third kappa shape index (κ3) is 4.35. The highest BCUT2D eigenvalue weighted by atomic mass is 16.5. The van der Waals surface area contributed by atoms with Crippen molar-refractivity contribution in [2.45, 2.75) is 31.0 Å². The van der Waals surface area contributed by atoms with Gasteiger partial charge in [0.15, 0.2) is 0 Å². The van der Waals surface area contributed by atoms with E-state index in [4.69, 9.17) is 9.47 Å². The maximum atomic E-state index is 12.5. The van der Waals surface area contributed by atoms with Gasteiger partial charge in [-0.2, -0.15) is 0 Å². The smallest absolute Gasteiger partial charge is 0.257 e. The molecule has 0 aliphatic carbocycles. The molecule has 1 aromatic heterocycles. The molecule has 4 rings (SSSR count). The van der Waals surface area contributed by atoms with Crippen LogP contribution in [-0.4, -0.2) is 65.3 Å². The van der Waals surface area contributed by atoms with Gasteiger partial charge in [0, 0.05) is 37.3 Å². The molecular weight excluding hydrogens is 386 g/mol. The zero-order chi connectivity index (χ0) is 20.9. The monoisotopic (exact) mass is 411 g/mol. The van der Waals surface area contributed by atoms with E-state index in [0.717, 1.165) is 18.4 Å². The van der Waals surface area contributed by atoms with Crippen molar-refractivity contribution in [3.8, 4) is 0 Å². The Kier molecular flexibility index (Phi) is 6.37. The summed E-state index contributed by atoms with van der Waals surface area (Å²) in [6.07, 6.45) is 4.20. The van der Waals surface area contributed by atoms with Crippen LogP contribution in [-0.2, 0) is 14.3 Å². The molecule has 3 heterocycles. The van der Waals surface area contributed by atoms with Crippen LogP contribution in [0.1, 0.15) is 34.9 Å². The van der Waals surface area contributed by atoms with Crippen molar-refractivity contribution in [3.63, 3.8) is 0 Å². The Morgan fingerprint density at radius 1 is 1.20 bits per heavy atom. The van der Waals surface area contributed by atoms with Gasteiger partial charge < -0.3 is 24.8 Å². The Hall–Kier alpha value is -2.81. The summed E-state index contributed by atoms with van der Waals surface area (Å²) < 4.78 is 11.2. The predicted molar refractivity (Wildman–Crippen MR) is 109 cm³/mol. The molecule has 8 nitrogen and oxygen atoms in total. The second kappa shape index (κ2) is 9.34. The van der Waals surface area contributed by atoms with E-state index in [1.807, 2.05) is 12.1 Å². The van der Waals surface area contributed by atoms with Crippen molar-refractivity contribution in [1.82, 2.24) is 9.88 Å². The number of aromatic nitrogens is 1. The summed E-state index contributed by atoms with van der Waals surface area (Å²) in [6, 6.07) is 10.3. The fraction of sp³-hybridized carbons (Fsp3) is 0.409. The molecule has 2 aliphatic heterocycles. The Morgan fingerprint density at radius 3 is 2.63 bits per heavy atom. The molecule has 2 aliphatic rings. The minimum atomic E-state index is -0.454. The zero-order valence-corrected chi connectivity index (χ0v) is 16.6. The van der Waals surface area contributed by atoms with Crippen LogP contribution >= 0.6 is 0 Å². The highest BCUT2D eigenvalue weighted by molar-refractivity contribution is 6.04. The van der Waals surface area contributed by atoms with Crippen molar-refractivity contribution in [2.75, 3.05) is 31.7 Å². The molecular formula is C22H25N3O5. The molecule has 8 heteroatoms. The molecule has 0 radical (unpaired) electrons. The predicted octanol–water partition coefficient (Wildman–Crippen LogP) is 1.77. The van der Waals surface area contributed by atoms with Crippen LogP contribution in [0.15, 0.2) is 48.8 Å². The fourth-order valence-corrected chi connectivity index (χ4v) is 4.07. The molecule has 0 unspecified atom stereocenters. The number of nitrogens with zero attached hydrogens (tertiary/aromatic N) is 2. The normalized spacial score (nSPS) is 22.7. The van der Waals surface area contributed by atoms with Crippen LogP contribution in [0.4, 0.5) is 5.69 Å². The standard InChI is InChI=1S/C22H25N3O5/c26-13-19-21(30-14-20(27)25(19)18-7-10-29-11-8-18)15-3-5-17(6-4-15)24-22(28)16-2-1-9-23-12-16/h1-6,9,12,18-19,21,26H,7-8,10-11,13-14H2,(H,24,28)/t19-,21-/m1/s1. The molecule has 1 aromatic carbocycles. The molecule has 2 fully saturated rings. The molecule has 2 amide bonds. The number of aliphatic hydroxyl groups excluding tert-OH is 1. The number of hydrogen-bond donors (Lipinski definition) is 2. The van der Waals surface area contributed by atoms with Crippen LogP contribution in [0, 0.1) is 0 Å². The Balaban J connectivity index is 1.48. The average Bonchev–Trinajstić information content (AvgIpc) is 2.80. The minimum Gasteiger partial charge on any atom is -0.394 e. The number of morpholine rings is 1. The largest absolute Gasteiger partial charge is 0.394 e. The Morgan fingerprint density at radius 2 is 1.97 bits per heavy atom. The number of rotatable bonds is 5. The molecule has 0 bridgehead atoms.